The Balaban J connectivity index is 3.15. The van der Waals surface area contributed by atoms with Crippen LogP contribution in [-0.4, -0.2) is 40.8 Å². The Morgan fingerprint density at radius 3 is 2.50 bits per heavy atom. The van der Waals surface area contributed by atoms with Crippen molar-refractivity contribution >= 4 is 11.8 Å². The van der Waals surface area contributed by atoms with Crippen LogP contribution in [0.3, 0.4) is 0 Å². The topological polar surface area (TPSA) is 84.9 Å². The van der Waals surface area contributed by atoms with Gasteiger partial charge in [0.05, 0.1) is 6.04 Å². The van der Waals surface area contributed by atoms with E-state index in [2.05, 4.69) is 9.73 Å². The third kappa shape index (κ3) is 1.84. The molecule has 0 fully saturated rings. The smallest absolute Gasteiger partial charge is 0.424 e. The summed E-state index contributed by atoms with van der Waals surface area (Å²) in [7, 11) is 0. The maximum absolute atomic E-state index is 12.7. The summed E-state index contributed by atoms with van der Waals surface area (Å²) in [4.78, 5) is 14.2. The van der Waals surface area contributed by atoms with Crippen LogP contribution in [0.5, 0.6) is 0 Å². The quantitative estimate of drug-likeness (QED) is 0.700. The molecule has 1 rings (SSSR count). The summed E-state index contributed by atoms with van der Waals surface area (Å²) >= 11 is 0. The van der Waals surface area contributed by atoms with Crippen LogP contribution in [-0.2, 0) is 9.53 Å². The molecule has 0 saturated heterocycles. The zero-order valence-corrected chi connectivity index (χ0v) is 8.58. The molecule has 0 bridgehead atoms. The molecule has 0 aromatic carbocycles. The third-order valence-electron chi connectivity index (χ3n) is 2.42. The molecule has 1 unspecified atom stereocenters. The number of hydrogen-bond donors (Lipinski definition) is 2. The van der Waals surface area contributed by atoms with Gasteiger partial charge in [-0.15, -0.1) is 0 Å². The van der Waals surface area contributed by atoms with Crippen LogP contribution in [0, 0.1) is 0 Å². The lowest BCUT2D eigenvalue weighted by atomic mass is 10.00. The summed E-state index contributed by atoms with van der Waals surface area (Å²) in [6.45, 7) is 1.98. The third-order valence-corrected chi connectivity index (χ3v) is 2.42. The number of halogens is 3. The number of aliphatic imine (C=N–C) groups is 1. The van der Waals surface area contributed by atoms with Crippen molar-refractivity contribution < 1.29 is 27.8 Å². The average molecular weight is 240 g/mol. The molecule has 16 heavy (non-hydrogen) atoms. The molecule has 0 aliphatic carbocycles. The minimum atomic E-state index is -4.81. The fourth-order valence-electron chi connectivity index (χ4n) is 1.29. The van der Waals surface area contributed by atoms with Crippen molar-refractivity contribution in [1.82, 2.24) is 0 Å². The van der Waals surface area contributed by atoms with Crippen LogP contribution in [0.15, 0.2) is 4.99 Å². The van der Waals surface area contributed by atoms with Crippen molar-refractivity contribution in [1.29, 1.82) is 0 Å². The van der Waals surface area contributed by atoms with E-state index in [0.29, 0.717) is 6.92 Å². The molecule has 0 aromatic heterocycles. The molecule has 92 valence electrons. The van der Waals surface area contributed by atoms with Gasteiger partial charge >= 0.3 is 12.1 Å². The largest absolute Gasteiger partial charge is 0.479 e. The minimum absolute atomic E-state index is 0.660. The van der Waals surface area contributed by atoms with Crippen LogP contribution in [0.2, 0.25) is 0 Å². The number of carbonyl (C=O) groups is 1. The lowest BCUT2D eigenvalue weighted by Crippen LogP contribution is -2.62. The van der Waals surface area contributed by atoms with Gasteiger partial charge in [0.15, 0.2) is 6.10 Å². The standard InChI is InChI=1S/C8H11F3N2O3/c1-3-4(5(14)15)16-7(2,6(12)13-3)8(9,10)11/h3-4H,1-2H3,(H2,12,13)(H,14,15)/t3-,4?,7-/m1/s1. The number of hydrogen-bond acceptors (Lipinski definition) is 4. The zero-order valence-electron chi connectivity index (χ0n) is 8.58. The summed E-state index contributed by atoms with van der Waals surface area (Å²) < 4.78 is 42.5. The lowest BCUT2D eigenvalue weighted by molar-refractivity contribution is -0.259. The molecular weight excluding hydrogens is 229 g/mol. The summed E-state index contributed by atoms with van der Waals surface area (Å²) in [5.74, 6) is -2.26. The maximum atomic E-state index is 12.7. The SMILES string of the molecule is C[C@H]1N=C(N)[C@](C)(C(F)(F)F)OC1C(=O)O. The Labute approximate surface area is 89.1 Å². The lowest BCUT2D eigenvalue weighted by Gasteiger charge is -2.38. The molecule has 0 radical (unpaired) electrons. The first-order valence-corrected chi connectivity index (χ1v) is 4.40. The predicted molar refractivity (Wildman–Crippen MR) is 48.1 cm³/mol. The molecule has 5 nitrogen and oxygen atoms in total. The normalized spacial score (nSPS) is 35.7. The van der Waals surface area contributed by atoms with Gasteiger partial charge in [0.25, 0.3) is 0 Å². The van der Waals surface area contributed by atoms with Crippen molar-refractivity contribution in [3.05, 3.63) is 0 Å². The van der Waals surface area contributed by atoms with E-state index in [1.165, 1.54) is 6.92 Å². The van der Waals surface area contributed by atoms with Gasteiger partial charge in [-0.2, -0.15) is 13.2 Å². The molecule has 1 aliphatic heterocycles. The first kappa shape index (κ1) is 12.8. The summed E-state index contributed by atoms with van der Waals surface area (Å²) in [5, 5.41) is 8.69. The van der Waals surface area contributed by atoms with Crippen LogP contribution in [0.4, 0.5) is 13.2 Å². The van der Waals surface area contributed by atoms with Crippen molar-refractivity contribution in [3.63, 3.8) is 0 Å². The molecule has 0 saturated carbocycles. The van der Waals surface area contributed by atoms with Crippen LogP contribution >= 0.6 is 0 Å². The number of alkyl halides is 3. The monoisotopic (exact) mass is 240 g/mol. The zero-order chi connectivity index (χ0) is 12.7. The first-order chi connectivity index (χ1) is 7.09. The second-order valence-corrected chi connectivity index (χ2v) is 3.66. The Hall–Kier alpha value is -1.31. The van der Waals surface area contributed by atoms with Crippen LogP contribution < -0.4 is 5.73 Å². The van der Waals surface area contributed by atoms with Gasteiger partial charge in [-0.05, 0) is 13.8 Å². The second-order valence-electron chi connectivity index (χ2n) is 3.66. The molecule has 1 aliphatic rings. The molecule has 3 atom stereocenters. The minimum Gasteiger partial charge on any atom is -0.479 e. The number of carboxylic acids is 1. The number of amidine groups is 1. The average Bonchev–Trinajstić information content (AvgIpc) is 2.08. The number of carboxylic acid groups (broad SMARTS) is 1. The van der Waals surface area contributed by atoms with Crippen molar-refractivity contribution in [2.24, 2.45) is 10.7 Å². The molecule has 8 heteroatoms. The van der Waals surface area contributed by atoms with E-state index >= 15 is 0 Å². The first-order valence-electron chi connectivity index (χ1n) is 4.40. The van der Waals surface area contributed by atoms with Crippen LogP contribution in [0.25, 0.3) is 0 Å². The van der Waals surface area contributed by atoms with Gasteiger partial charge in [0, 0.05) is 0 Å². The highest BCUT2D eigenvalue weighted by atomic mass is 19.4. The van der Waals surface area contributed by atoms with E-state index in [9.17, 15) is 18.0 Å². The molecule has 1 heterocycles. The van der Waals surface area contributed by atoms with E-state index in [-0.39, 0.29) is 0 Å². The molecule has 0 aromatic rings. The predicted octanol–water partition coefficient (Wildman–Crippen LogP) is 0.536. The summed E-state index contributed by atoms with van der Waals surface area (Å²) in [6.07, 6.45) is -6.46. The van der Waals surface area contributed by atoms with Gasteiger partial charge in [0.2, 0.25) is 5.60 Å². The highest BCUT2D eigenvalue weighted by Gasteiger charge is 2.59. The fraction of sp³-hybridized carbons (Fsp3) is 0.750. The number of ether oxygens (including phenoxy) is 1. The van der Waals surface area contributed by atoms with E-state index in [0.717, 1.165) is 0 Å². The second kappa shape index (κ2) is 3.62. The Morgan fingerprint density at radius 2 is 2.12 bits per heavy atom. The van der Waals surface area contributed by atoms with Crippen LogP contribution in [0.1, 0.15) is 13.8 Å². The van der Waals surface area contributed by atoms with Gasteiger partial charge in [-0.3, -0.25) is 4.99 Å². The van der Waals surface area contributed by atoms with Gasteiger partial charge in [-0.1, -0.05) is 0 Å². The Bertz CT molecular complexity index is 342. The fourth-order valence-corrected chi connectivity index (χ4v) is 1.29. The van der Waals surface area contributed by atoms with Gasteiger partial charge in [-0.25, -0.2) is 4.79 Å². The maximum Gasteiger partial charge on any atom is 0.424 e. The number of nitrogens with two attached hydrogens (primary N) is 1. The molecule has 0 amide bonds. The van der Waals surface area contributed by atoms with Crippen molar-refractivity contribution in [2.75, 3.05) is 0 Å². The Morgan fingerprint density at radius 1 is 1.62 bits per heavy atom. The van der Waals surface area contributed by atoms with E-state index < -0.39 is 35.7 Å². The van der Waals surface area contributed by atoms with E-state index in [4.69, 9.17) is 10.8 Å². The summed E-state index contributed by atoms with van der Waals surface area (Å²) in [5.41, 5.74) is 2.32. The highest BCUT2D eigenvalue weighted by Crippen LogP contribution is 2.37. The molecule has 3 N–H and O–H groups in total. The number of rotatable bonds is 1. The van der Waals surface area contributed by atoms with E-state index in [1.807, 2.05) is 0 Å². The van der Waals surface area contributed by atoms with Gasteiger partial charge in [0.1, 0.15) is 5.84 Å². The number of nitrogens with zero attached hydrogens (tertiary/aromatic N) is 1. The van der Waals surface area contributed by atoms with Gasteiger partial charge < -0.3 is 15.6 Å². The van der Waals surface area contributed by atoms with Crippen molar-refractivity contribution in [3.8, 4) is 0 Å². The molecular formula is C8H11F3N2O3. The Kier molecular flexibility index (Phi) is 2.88. The summed E-state index contributed by atoms with van der Waals surface area (Å²) in [6, 6.07) is -0.951. The van der Waals surface area contributed by atoms with Crippen molar-refractivity contribution in [2.45, 2.75) is 37.8 Å². The molecule has 0 spiro atoms. The van der Waals surface area contributed by atoms with E-state index in [1.54, 1.807) is 0 Å². The highest BCUT2D eigenvalue weighted by molar-refractivity contribution is 5.91. The number of aliphatic carboxylic acids is 1.